The van der Waals surface area contributed by atoms with Crippen molar-refractivity contribution in [2.75, 3.05) is 39.0 Å². The normalized spacial score (nSPS) is 10.9. The lowest BCUT2D eigenvalue weighted by atomic mass is 10.1. The van der Waals surface area contributed by atoms with Crippen LogP contribution in [0.2, 0.25) is 5.02 Å². The van der Waals surface area contributed by atoms with Crippen molar-refractivity contribution in [2.24, 2.45) is 0 Å². The standard InChI is InChI=1S/C23H21ClN4O5S2/c1-30-16-4-6-17(7-5-16)32-8-9-33-20-18(24)11-14(12-19(20)31-2)10-15(13-25)21(29)26-22-27-23(34-3)28-35-22/h4-7,10-12H,8-9H2,1-3H3,(H,26,27,28,29)/b15-10-. The molecule has 0 bridgehead atoms. The summed E-state index contributed by atoms with van der Waals surface area (Å²) in [6.07, 6.45) is 3.23. The predicted octanol–water partition coefficient (Wildman–Crippen LogP) is 4.93. The van der Waals surface area contributed by atoms with Crippen molar-refractivity contribution in [1.82, 2.24) is 9.36 Å². The van der Waals surface area contributed by atoms with E-state index in [1.54, 1.807) is 43.5 Å². The molecule has 0 saturated heterocycles. The number of rotatable bonds is 11. The molecule has 0 unspecified atom stereocenters. The lowest BCUT2D eigenvalue weighted by Gasteiger charge is -2.14. The van der Waals surface area contributed by atoms with Crippen molar-refractivity contribution in [1.29, 1.82) is 5.26 Å². The van der Waals surface area contributed by atoms with Gasteiger partial charge in [0.1, 0.15) is 36.4 Å². The van der Waals surface area contributed by atoms with E-state index in [9.17, 15) is 10.1 Å². The van der Waals surface area contributed by atoms with Gasteiger partial charge in [-0.1, -0.05) is 23.4 Å². The number of hydrogen-bond donors (Lipinski definition) is 1. The number of amides is 1. The molecule has 12 heteroatoms. The zero-order chi connectivity index (χ0) is 25.2. The van der Waals surface area contributed by atoms with E-state index in [0.29, 0.717) is 33.1 Å². The molecule has 182 valence electrons. The van der Waals surface area contributed by atoms with Gasteiger partial charge in [-0.25, -0.2) is 0 Å². The number of nitriles is 1. The summed E-state index contributed by atoms with van der Waals surface area (Å²) in [5.74, 6) is 1.47. The monoisotopic (exact) mass is 532 g/mol. The molecule has 0 atom stereocenters. The third-order valence-corrected chi connectivity index (χ3v) is 5.97. The molecular weight excluding hydrogens is 512 g/mol. The minimum absolute atomic E-state index is 0.134. The minimum Gasteiger partial charge on any atom is -0.497 e. The van der Waals surface area contributed by atoms with E-state index in [1.807, 2.05) is 12.3 Å². The molecule has 0 spiro atoms. The molecular formula is C23H21ClN4O5S2. The van der Waals surface area contributed by atoms with E-state index in [-0.39, 0.29) is 23.8 Å². The topological polar surface area (TPSA) is 116 Å². The number of benzene rings is 2. The average molecular weight is 533 g/mol. The maximum absolute atomic E-state index is 12.5. The first kappa shape index (κ1) is 26.2. The molecule has 0 aliphatic rings. The first-order valence-corrected chi connectivity index (χ1v) is 12.4. The van der Waals surface area contributed by atoms with Crippen molar-refractivity contribution in [2.45, 2.75) is 5.16 Å². The van der Waals surface area contributed by atoms with Crippen LogP contribution in [-0.2, 0) is 4.79 Å². The van der Waals surface area contributed by atoms with Crippen LogP contribution in [0.1, 0.15) is 5.56 Å². The summed E-state index contributed by atoms with van der Waals surface area (Å²) in [5, 5.41) is 13.1. The predicted molar refractivity (Wildman–Crippen MR) is 136 cm³/mol. The fourth-order valence-corrected chi connectivity index (χ4v) is 4.16. The van der Waals surface area contributed by atoms with E-state index in [4.69, 9.17) is 30.5 Å². The van der Waals surface area contributed by atoms with E-state index in [1.165, 1.54) is 24.9 Å². The molecule has 1 amide bonds. The summed E-state index contributed by atoms with van der Waals surface area (Å²) in [4.78, 5) is 16.6. The molecule has 0 aliphatic carbocycles. The van der Waals surface area contributed by atoms with Gasteiger partial charge in [-0.05, 0) is 54.3 Å². The van der Waals surface area contributed by atoms with Crippen LogP contribution in [0.15, 0.2) is 47.1 Å². The van der Waals surface area contributed by atoms with Crippen LogP contribution in [0.5, 0.6) is 23.0 Å². The number of nitrogens with zero attached hydrogens (tertiary/aromatic N) is 3. The molecule has 1 heterocycles. The van der Waals surface area contributed by atoms with Crippen molar-refractivity contribution in [3.63, 3.8) is 0 Å². The molecule has 3 aromatic rings. The highest BCUT2D eigenvalue weighted by atomic mass is 35.5. The van der Waals surface area contributed by atoms with Crippen LogP contribution in [0.3, 0.4) is 0 Å². The van der Waals surface area contributed by atoms with Gasteiger partial charge in [0.15, 0.2) is 11.5 Å². The Balaban J connectivity index is 1.66. The summed E-state index contributed by atoms with van der Waals surface area (Å²) in [6, 6.07) is 12.3. The van der Waals surface area contributed by atoms with Crippen LogP contribution in [-0.4, -0.2) is 49.0 Å². The Hall–Kier alpha value is -3.46. The number of ether oxygens (including phenoxy) is 4. The first-order valence-electron chi connectivity index (χ1n) is 10.1. The molecule has 0 fully saturated rings. The fraction of sp³-hybridized carbons (Fsp3) is 0.217. The Morgan fingerprint density at radius 2 is 1.89 bits per heavy atom. The molecule has 0 radical (unpaired) electrons. The Labute approximate surface area is 215 Å². The lowest BCUT2D eigenvalue weighted by Crippen LogP contribution is -2.13. The molecule has 9 nitrogen and oxygen atoms in total. The Kier molecular flexibility index (Phi) is 9.60. The quantitative estimate of drug-likeness (QED) is 0.159. The maximum atomic E-state index is 12.5. The van der Waals surface area contributed by atoms with Crippen LogP contribution < -0.4 is 24.3 Å². The molecule has 2 aromatic carbocycles. The average Bonchev–Trinajstić information content (AvgIpc) is 3.33. The number of methoxy groups -OCH3 is 2. The number of hydrogen-bond acceptors (Lipinski definition) is 10. The number of thioether (sulfide) groups is 1. The Morgan fingerprint density at radius 3 is 2.51 bits per heavy atom. The molecule has 1 N–H and O–H groups in total. The highest BCUT2D eigenvalue weighted by molar-refractivity contribution is 7.98. The van der Waals surface area contributed by atoms with E-state index >= 15 is 0 Å². The van der Waals surface area contributed by atoms with Crippen molar-refractivity contribution in [3.05, 3.63) is 52.6 Å². The van der Waals surface area contributed by atoms with Gasteiger partial charge in [0.25, 0.3) is 5.91 Å². The van der Waals surface area contributed by atoms with Gasteiger partial charge < -0.3 is 18.9 Å². The summed E-state index contributed by atoms with van der Waals surface area (Å²) in [7, 11) is 3.07. The van der Waals surface area contributed by atoms with E-state index in [0.717, 1.165) is 17.3 Å². The van der Waals surface area contributed by atoms with Crippen LogP contribution >= 0.6 is 34.9 Å². The van der Waals surface area contributed by atoms with Gasteiger partial charge >= 0.3 is 0 Å². The van der Waals surface area contributed by atoms with Gasteiger partial charge in [-0.15, -0.1) is 0 Å². The first-order chi connectivity index (χ1) is 17.0. The number of carbonyl (C=O) groups is 1. The van der Waals surface area contributed by atoms with Crippen molar-refractivity contribution < 1.29 is 23.7 Å². The zero-order valence-electron chi connectivity index (χ0n) is 19.0. The van der Waals surface area contributed by atoms with Crippen molar-refractivity contribution in [3.8, 4) is 29.1 Å². The van der Waals surface area contributed by atoms with Crippen LogP contribution in [0, 0.1) is 11.3 Å². The second-order valence-corrected chi connectivity index (χ2v) is 8.55. The molecule has 0 aliphatic heterocycles. The summed E-state index contributed by atoms with van der Waals surface area (Å²) in [5.41, 5.74) is 0.355. The van der Waals surface area contributed by atoms with E-state index in [2.05, 4.69) is 14.7 Å². The number of halogens is 1. The Morgan fingerprint density at radius 1 is 1.17 bits per heavy atom. The minimum atomic E-state index is -0.609. The third-order valence-electron chi connectivity index (χ3n) is 4.40. The molecule has 35 heavy (non-hydrogen) atoms. The second kappa shape index (κ2) is 12.9. The van der Waals surface area contributed by atoms with Gasteiger partial charge in [-0.2, -0.15) is 14.6 Å². The van der Waals surface area contributed by atoms with E-state index < -0.39 is 5.91 Å². The van der Waals surface area contributed by atoms with Crippen LogP contribution in [0.4, 0.5) is 5.13 Å². The zero-order valence-corrected chi connectivity index (χ0v) is 21.4. The highest BCUT2D eigenvalue weighted by Crippen LogP contribution is 2.37. The van der Waals surface area contributed by atoms with Gasteiger partial charge in [0.05, 0.1) is 19.2 Å². The smallest absolute Gasteiger partial charge is 0.268 e. The van der Waals surface area contributed by atoms with Crippen molar-refractivity contribution >= 4 is 52.0 Å². The Bertz CT molecular complexity index is 1240. The summed E-state index contributed by atoms with van der Waals surface area (Å²) < 4.78 is 26.0. The number of anilines is 1. The molecule has 0 saturated carbocycles. The fourth-order valence-electron chi connectivity index (χ4n) is 2.76. The van der Waals surface area contributed by atoms with Crippen LogP contribution in [0.25, 0.3) is 6.08 Å². The SMILES string of the molecule is COc1ccc(OCCOc2c(Cl)cc(/C=C(/C#N)C(=O)Nc3nc(SC)ns3)cc2OC)cc1. The second-order valence-electron chi connectivity index (χ2n) is 6.62. The maximum Gasteiger partial charge on any atom is 0.268 e. The highest BCUT2D eigenvalue weighted by Gasteiger charge is 2.16. The van der Waals surface area contributed by atoms with Gasteiger partial charge in [0, 0.05) is 11.5 Å². The van der Waals surface area contributed by atoms with Gasteiger partial charge in [-0.3, -0.25) is 10.1 Å². The number of carbonyl (C=O) groups excluding carboxylic acids is 1. The molecule has 1 aromatic heterocycles. The third kappa shape index (κ3) is 7.26. The summed E-state index contributed by atoms with van der Waals surface area (Å²) >= 11 is 8.79. The van der Waals surface area contributed by atoms with Gasteiger partial charge in [0.2, 0.25) is 10.3 Å². The molecule has 3 rings (SSSR count). The summed E-state index contributed by atoms with van der Waals surface area (Å²) in [6.45, 7) is 0.485. The number of aromatic nitrogens is 2. The lowest BCUT2D eigenvalue weighted by molar-refractivity contribution is -0.112. The largest absolute Gasteiger partial charge is 0.497 e. The number of nitrogens with one attached hydrogen (secondary N) is 1.